The molecule has 0 amide bonds. The average Bonchev–Trinajstić information content (AvgIpc) is 2.60. The minimum Gasteiger partial charge on any atom is -0.293 e. The van der Waals surface area contributed by atoms with Crippen LogP contribution in [-0.2, 0) is 0 Å². The highest BCUT2D eigenvalue weighted by molar-refractivity contribution is 6.09. The summed E-state index contributed by atoms with van der Waals surface area (Å²) in [4.78, 5) is 19.8. The number of aromatic nitrogens is 1. The Balaban J connectivity index is 1.69. The molecule has 5 rings (SSSR count). The highest BCUT2D eigenvalue weighted by Crippen LogP contribution is 2.38. The molecule has 3 aliphatic rings. The second kappa shape index (κ2) is 5.33. The predicted molar refractivity (Wildman–Crippen MR) is 87.8 cm³/mol. The molecule has 3 heteroatoms. The number of ketones is 1. The highest BCUT2D eigenvalue weighted by Gasteiger charge is 2.42. The zero-order chi connectivity index (χ0) is 15.1. The van der Waals surface area contributed by atoms with Gasteiger partial charge < -0.3 is 0 Å². The molecule has 0 saturated carbocycles. The molecule has 4 unspecified atom stereocenters. The number of hydrogen-bond donors (Lipinski definition) is 0. The van der Waals surface area contributed by atoms with Crippen LogP contribution in [0.2, 0.25) is 0 Å². The van der Waals surface area contributed by atoms with E-state index in [1.807, 2.05) is 30.3 Å². The molecule has 1 aromatic heterocycles. The standard InChI is InChI=1S/C19H20N2O/c1-2-13-12-21-10-8-14(13)11-18(21)19(22)16-7-9-20-17-6-4-3-5-15(16)17/h2-7,9,13-14,18H,1,8,10-12H2. The van der Waals surface area contributed by atoms with Crippen molar-refractivity contribution in [1.29, 1.82) is 0 Å². The van der Waals surface area contributed by atoms with E-state index in [-0.39, 0.29) is 11.8 Å². The Bertz CT molecular complexity index is 734. The third-order valence-electron chi connectivity index (χ3n) is 5.32. The minimum atomic E-state index is 0.0285. The number of pyridine rings is 1. The summed E-state index contributed by atoms with van der Waals surface area (Å²) in [5.41, 5.74) is 1.71. The summed E-state index contributed by atoms with van der Waals surface area (Å²) in [5, 5.41) is 0.970. The Kier molecular flexibility index (Phi) is 3.30. The van der Waals surface area contributed by atoms with Crippen LogP contribution >= 0.6 is 0 Å². The average molecular weight is 292 g/mol. The summed E-state index contributed by atoms with van der Waals surface area (Å²) in [6, 6.07) is 9.80. The zero-order valence-corrected chi connectivity index (χ0v) is 12.6. The van der Waals surface area contributed by atoms with Crippen LogP contribution in [0.15, 0.2) is 49.2 Å². The van der Waals surface area contributed by atoms with Gasteiger partial charge in [0.25, 0.3) is 0 Å². The molecule has 0 aliphatic carbocycles. The van der Waals surface area contributed by atoms with Crippen LogP contribution < -0.4 is 0 Å². The molecule has 0 radical (unpaired) electrons. The van der Waals surface area contributed by atoms with Gasteiger partial charge in [-0.25, -0.2) is 0 Å². The molecule has 3 fully saturated rings. The van der Waals surface area contributed by atoms with Crippen LogP contribution in [-0.4, -0.2) is 34.8 Å². The number of fused-ring (bicyclic) bond motifs is 4. The molecule has 2 bridgehead atoms. The molecule has 2 aromatic rings. The fourth-order valence-corrected chi connectivity index (χ4v) is 4.10. The van der Waals surface area contributed by atoms with Gasteiger partial charge in [-0.2, -0.15) is 0 Å². The highest BCUT2D eigenvalue weighted by atomic mass is 16.1. The Labute approximate surface area is 130 Å². The second-order valence-corrected chi connectivity index (χ2v) is 6.43. The molecule has 3 aliphatic heterocycles. The van der Waals surface area contributed by atoms with Gasteiger partial charge in [-0.15, -0.1) is 6.58 Å². The van der Waals surface area contributed by atoms with Gasteiger partial charge in [0, 0.05) is 23.7 Å². The number of carbonyl (C=O) groups excluding carboxylic acids is 1. The number of para-hydroxylation sites is 1. The van der Waals surface area contributed by atoms with E-state index < -0.39 is 0 Å². The van der Waals surface area contributed by atoms with Crippen LogP contribution in [0, 0.1) is 11.8 Å². The normalized spacial score (nSPS) is 30.4. The first kappa shape index (κ1) is 13.6. The number of rotatable bonds is 3. The van der Waals surface area contributed by atoms with Crippen molar-refractivity contribution in [2.75, 3.05) is 13.1 Å². The number of nitrogens with zero attached hydrogens (tertiary/aromatic N) is 2. The summed E-state index contributed by atoms with van der Waals surface area (Å²) in [6.45, 7) is 5.97. The SMILES string of the molecule is C=CC1CN2CCC1CC2C(=O)c1ccnc2ccccc12. The van der Waals surface area contributed by atoms with E-state index in [0.717, 1.165) is 36.0 Å². The van der Waals surface area contributed by atoms with E-state index in [1.165, 1.54) is 6.42 Å². The fraction of sp³-hybridized carbons (Fsp3) is 0.368. The molecule has 4 heterocycles. The summed E-state index contributed by atoms with van der Waals surface area (Å²) in [6.07, 6.45) is 5.97. The van der Waals surface area contributed by atoms with E-state index in [0.29, 0.717) is 11.8 Å². The monoisotopic (exact) mass is 292 g/mol. The second-order valence-electron chi connectivity index (χ2n) is 6.43. The van der Waals surface area contributed by atoms with Gasteiger partial charge in [-0.05, 0) is 43.4 Å². The lowest BCUT2D eigenvalue weighted by molar-refractivity contribution is 0.0205. The van der Waals surface area contributed by atoms with Crippen molar-refractivity contribution in [2.24, 2.45) is 11.8 Å². The Morgan fingerprint density at radius 2 is 2.18 bits per heavy atom. The maximum absolute atomic E-state index is 13.1. The maximum Gasteiger partial charge on any atom is 0.180 e. The first-order valence-corrected chi connectivity index (χ1v) is 8.02. The topological polar surface area (TPSA) is 33.2 Å². The van der Waals surface area contributed by atoms with Crippen LogP contribution in [0.1, 0.15) is 23.2 Å². The lowest BCUT2D eigenvalue weighted by Gasteiger charge is -2.48. The molecule has 112 valence electrons. The molecule has 0 N–H and O–H groups in total. The molecule has 22 heavy (non-hydrogen) atoms. The van der Waals surface area contributed by atoms with Gasteiger partial charge in [0.15, 0.2) is 5.78 Å². The third kappa shape index (κ3) is 2.08. The Morgan fingerprint density at radius 1 is 1.32 bits per heavy atom. The zero-order valence-electron chi connectivity index (χ0n) is 12.6. The number of benzene rings is 1. The lowest BCUT2D eigenvalue weighted by Crippen LogP contribution is -2.55. The van der Waals surface area contributed by atoms with E-state index in [4.69, 9.17) is 0 Å². The van der Waals surface area contributed by atoms with Crippen LogP contribution in [0.25, 0.3) is 10.9 Å². The largest absolute Gasteiger partial charge is 0.293 e. The van der Waals surface area contributed by atoms with E-state index >= 15 is 0 Å². The Hall–Kier alpha value is -2.00. The van der Waals surface area contributed by atoms with Gasteiger partial charge in [0.2, 0.25) is 0 Å². The molecular formula is C19H20N2O. The van der Waals surface area contributed by atoms with Crippen LogP contribution in [0.3, 0.4) is 0 Å². The number of hydrogen-bond acceptors (Lipinski definition) is 3. The van der Waals surface area contributed by atoms with Crippen LogP contribution in [0.4, 0.5) is 0 Å². The van der Waals surface area contributed by atoms with Gasteiger partial charge in [-0.1, -0.05) is 24.3 Å². The summed E-state index contributed by atoms with van der Waals surface area (Å²) < 4.78 is 0. The molecule has 3 nitrogen and oxygen atoms in total. The molecule has 0 spiro atoms. The van der Waals surface area contributed by atoms with Crippen molar-refractivity contribution >= 4 is 16.7 Å². The van der Waals surface area contributed by atoms with Crippen molar-refractivity contribution in [3.8, 4) is 0 Å². The van der Waals surface area contributed by atoms with Crippen molar-refractivity contribution in [3.05, 3.63) is 54.7 Å². The van der Waals surface area contributed by atoms with Crippen molar-refractivity contribution in [3.63, 3.8) is 0 Å². The summed E-state index contributed by atoms with van der Waals surface area (Å²) in [5.74, 6) is 1.42. The van der Waals surface area contributed by atoms with Gasteiger partial charge >= 0.3 is 0 Å². The van der Waals surface area contributed by atoms with Gasteiger partial charge in [0.05, 0.1) is 11.6 Å². The quantitative estimate of drug-likeness (QED) is 0.643. The van der Waals surface area contributed by atoms with Gasteiger partial charge in [-0.3, -0.25) is 14.7 Å². The van der Waals surface area contributed by atoms with Crippen LogP contribution in [0.5, 0.6) is 0 Å². The summed E-state index contributed by atoms with van der Waals surface area (Å²) >= 11 is 0. The molecular weight excluding hydrogens is 272 g/mol. The third-order valence-corrected chi connectivity index (χ3v) is 5.32. The molecule has 1 aromatic carbocycles. The maximum atomic E-state index is 13.1. The van der Waals surface area contributed by atoms with Crippen molar-refractivity contribution in [2.45, 2.75) is 18.9 Å². The van der Waals surface area contributed by atoms with Crippen molar-refractivity contribution < 1.29 is 4.79 Å². The van der Waals surface area contributed by atoms with E-state index in [2.05, 4.69) is 22.5 Å². The minimum absolute atomic E-state index is 0.0285. The summed E-state index contributed by atoms with van der Waals surface area (Å²) in [7, 11) is 0. The molecule has 4 atom stereocenters. The predicted octanol–water partition coefficient (Wildman–Crippen LogP) is 3.31. The molecule has 3 saturated heterocycles. The number of carbonyl (C=O) groups is 1. The first-order chi connectivity index (χ1) is 10.8. The van der Waals surface area contributed by atoms with Gasteiger partial charge in [0.1, 0.15) is 0 Å². The smallest absolute Gasteiger partial charge is 0.180 e. The van der Waals surface area contributed by atoms with Crippen molar-refractivity contribution in [1.82, 2.24) is 9.88 Å². The lowest BCUT2D eigenvalue weighted by atomic mass is 9.74. The van der Waals surface area contributed by atoms with E-state index in [1.54, 1.807) is 6.20 Å². The Morgan fingerprint density at radius 3 is 2.95 bits per heavy atom. The van der Waals surface area contributed by atoms with E-state index in [9.17, 15) is 4.79 Å². The number of piperidine rings is 3. The first-order valence-electron chi connectivity index (χ1n) is 8.02. The fourth-order valence-electron chi connectivity index (χ4n) is 4.10. The number of Topliss-reactive ketones (excluding diaryl/α,β-unsaturated/α-hetero) is 1.